The van der Waals surface area contributed by atoms with Crippen LogP contribution in [0.4, 0.5) is 5.82 Å². The van der Waals surface area contributed by atoms with Gasteiger partial charge in [0.15, 0.2) is 17.3 Å². The largest absolute Gasteiger partial charge is 0.493 e. The van der Waals surface area contributed by atoms with E-state index in [1.54, 1.807) is 32.4 Å². The maximum atomic E-state index is 11.2. The predicted octanol–water partition coefficient (Wildman–Crippen LogP) is 3.16. The summed E-state index contributed by atoms with van der Waals surface area (Å²) < 4.78 is 11.2. The van der Waals surface area contributed by atoms with E-state index in [2.05, 4.69) is 25.7 Å². The minimum absolute atomic E-state index is 0.286. The molecule has 0 saturated carbocycles. The standard InChI is InChI=1S/C19H18ClN5O3/c1-12-18(22-19(26)25-23-12)24-21-10-13-6-7-16(17(9-13)27-2)28-11-14-4-3-5-15(20)8-14/h3-10H,11H2,1-2H3,(H2,22,24,25,26)/b21-10-. The molecule has 0 radical (unpaired) electrons. The van der Waals surface area contributed by atoms with Gasteiger partial charge in [-0.25, -0.2) is 9.89 Å². The van der Waals surface area contributed by atoms with Gasteiger partial charge in [-0.05, 0) is 48.4 Å². The van der Waals surface area contributed by atoms with Gasteiger partial charge in [0.25, 0.3) is 0 Å². The van der Waals surface area contributed by atoms with E-state index in [0.717, 1.165) is 11.1 Å². The number of nitrogens with zero attached hydrogens (tertiary/aromatic N) is 3. The van der Waals surface area contributed by atoms with E-state index in [-0.39, 0.29) is 5.82 Å². The molecule has 0 aliphatic carbocycles. The highest BCUT2D eigenvalue weighted by Gasteiger charge is 2.06. The lowest BCUT2D eigenvalue weighted by molar-refractivity contribution is 0.284. The molecule has 0 atom stereocenters. The second-order valence-electron chi connectivity index (χ2n) is 5.77. The SMILES string of the molecule is COc1cc(/C=N\Nc2nc(=O)[nH]nc2C)ccc1OCc1cccc(Cl)c1. The van der Waals surface area contributed by atoms with Crippen LogP contribution < -0.4 is 20.6 Å². The Morgan fingerprint density at radius 3 is 2.89 bits per heavy atom. The fourth-order valence-corrected chi connectivity index (χ4v) is 2.55. The fourth-order valence-electron chi connectivity index (χ4n) is 2.34. The number of hydrogen-bond donors (Lipinski definition) is 2. The van der Waals surface area contributed by atoms with Gasteiger partial charge < -0.3 is 9.47 Å². The number of hydrazone groups is 1. The Bertz CT molecular complexity index is 1050. The summed E-state index contributed by atoms with van der Waals surface area (Å²) in [6.45, 7) is 2.07. The van der Waals surface area contributed by atoms with Crippen molar-refractivity contribution in [2.45, 2.75) is 13.5 Å². The molecule has 8 nitrogen and oxygen atoms in total. The molecule has 3 aromatic rings. The van der Waals surface area contributed by atoms with E-state index < -0.39 is 5.69 Å². The Hall–Kier alpha value is -3.39. The summed E-state index contributed by atoms with van der Waals surface area (Å²) >= 11 is 5.99. The van der Waals surface area contributed by atoms with E-state index in [4.69, 9.17) is 21.1 Å². The lowest BCUT2D eigenvalue weighted by Crippen LogP contribution is -2.15. The number of ether oxygens (including phenoxy) is 2. The number of aromatic amines is 1. The van der Waals surface area contributed by atoms with Gasteiger partial charge in [-0.3, -0.25) is 5.43 Å². The first-order chi connectivity index (χ1) is 13.5. The summed E-state index contributed by atoms with van der Waals surface area (Å²) in [5.41, 5.74) is 4.40. The molecule has 0 fully saturated rings. The van der Waals surface area contributed by atoms with Gasteiger partial charge in [-0.1, -0.05) is 23.7 Å². The average Bonchev–Trinajstić information content (AvgIpc) is 2.69. The van der Waals surface area contributed by atoms with Crippen molar-refractivity contribution >= 4 is 23.6 Å². The van der Waals surface area contributed by atoms with Crippen LogP contribution in [0, 0.1) is 6.92 Å². The monoisotopic (exact) mass is 399 g/mol. The van der Waals surface area contributed by atoms with Crippen LogP contribution in [0.2, 0.25) is 5.02 Å². The number of H-pyrrole nitrogens is 1. The van der Waals surface area contributed by atoms with Crippen LogP contribution >= 0.6 is 11.6 Å². The number of nitrogens with one attached hydrogen (secondary N) is 2. The number of hydrogen-bond acceptors (Lipinski definition) is 7. The molecule has 0 spiro atoms. The summed E-state index contributed by atoms with van der Waals surface area (Å²) in [6, 6.07) is 12.9. The molecule has 2 N–H and O–H groups in total. The Morgan fingerprint density at radius 2 is 2.11 bits per heavy atom. The minimum Gasteiger partial charge on any atom is -0.493 e. The van der Waals surface area contributed by atoms with Crippen LogP contribution in [-0.4, -0.2) is 28.5 Å². The topological polar surface area (TPSA) is 101 Å². The van der Waals surface area contributed by atoms with Crippen LogP contribution in [0.25, 0.3) is 0 Å². The van der Waals surface area contributed by atoms with Crippen LogP contribution in [0.3, 0.4) is 0 Å². The highest BCUT2D eigenvalue weighted by molar-refractivity contribution is 6.30. The van der Waals surface area contributed by atoms with Gasteiger partial charge in [0.05, 0.1) is 13.3 Å². The van der Waals surface area contributed by atoms with Crippen molar-refractivity contribution in [3.63, 3.8) is 0 Å². The molecule has 144 valence electrons. The van der Waals surface area contributed by atoms with Crippen molar-refractivity contribution in [2.24, 2.45) is 5.10 Å². The van der Waals surface area contributed by atoms with E-state index in [9.17, 15) is 4.79 Å². The molecule has 28 heavy (non-hydrogen) atoms. The lowest BCUT2D eigenvalue weighted by atomic mass is 10.2. The summed E-state index contributed by atoms with van der Waals surface area (Å²) in [4.78, 5) is 15.0. The van der Waals surface area contributed by atoms with Crippen LogP contribution in [0.1, 0.15) is 16.8 Å². The van der Waals surface area contributed by atoms with Crippen molar-refractivity contribution in [2.75, 3.05) is 12.5 Å². The fraction of sp³-hybridized carbons (Fsp3) is 0.158. The highest BCUT2D eigenvalue weighted by atomic mass is 35.5. The maximum absolute atomic E-state index is 11.2. The summed E-state index contributed by atoms with van der Waals surface area (Å²) in [5.74, 6) is 1.45. The van der Waals surface area contributed by atoms with Gasteiger partial charge in [-0.15, -0.1) is 0 Å². The highest BCUT2D eigenvalue weighted by Crippen LogP contribution is 2.28. The van der Waals surface area contributed by atoms with Gasteiger partial charge in [-0.2, -0.15) is 15.2 Å². The van der Waals surface area contributed by atoms with Gasteiger partial charge in [0.1, 0.15) is 12.3 Å². The number of rotatable bonds is 7. The van der Waals surface area contributed by atoms with Crippen molar-refractivity contribution < 1.29 is 9.47 Å². The molecular formula is C19H18ClN5O3. The maximum Gasteiger partial charge on any atom is 0.363 e. The van der Waals surface area contributed by atoms with Gasteiger partial charge in [0.2, 0.25) is 0 Å². The lowest BCUT2D eigenvalue weighted by Gasteiger charge is -2.11. The molecule has 9 heteroatoms. The predicted molar refractivity (Wildman–Crippen MR) is 107 cm³/mol. The number of methoxy groups -OCH3 is 1. The Balaban J connectivity index is 1.68. The molecule has 3 rings (SSSR count). The molecule has 0 bridgehead atoms. The Morgan fingerprint density at radius 1 is 1.25 bits per heavy atom. The minimum atomic E-state index is -0.550. The van der Waals surface area contributed by atoms with Gasteiger partial charge >= 0.3 is 5.69 Å². The molecular weight excluding hydrogens is 382 g/mol. The van der Waals surface area contributed by atoms with Crippen molar-refractivity contribution in [3.05, 3.63) is 74.8 Å². The normalized spacial score (nSPS) is 10.8. The third-order valence-electron chi connectivity index (χ3n) is 3.73. The number of halogens is 1. The third kappa shape index (κ3) is 5.08. The average molecular weight is 400 g/mol. The number of aryl methyl sites for hydroxylation is 1. The summed E-state index contributed by atoms with van der Waals surface area (Å²) in [5, 5.41) is 10.8. The molecule has 0 saturated heterocycles. The molecule has 0 aliphatic rings. The zero-order chi connectivity index (χ0) is 19.9. The molecule has 0 amide bonds. The molecule has 2 aromatic carbocycles. The van der Waals surface area contributed by atoms with E-state index in [0.29, 0.717) is 28.8 Å². The first kappa shape index (κ1) is 19.4. The van der Waals surface area contributed by atoms with Crippen molar-refractivity contribution in [3.8, 4) is 11.5 Å². The van der Waals surface area contributed by atoms with Crippen molar-refractivity contribution in [1.29, 1.82) is 0 Å². The second kappa shape index (κ2) is 9.01. The smallest absolute Gasteiger partial charge is 0.363 e. The van der Waals surface area contributed by atoms with Crippen LogP contribution in [0.5, 0.6) is 11.5 Å². The summed E-state index contributed by atoms with van der Waals surface area (Å²) in [6.07, 6.45) is 1.57. The molecule has 1 aromatic heterocycles. The van der Waals surface area contributed by atoms with E-state index in [1.807, 2.05) is 30.3 Å². The molecule has 0 aliphatic heterocycles. The van der Waals surface area contributed by atoms with Gasteiger partial charge in [0, 0.05) is 5.02 Å². The Labute approximate surface area is 166 Å². The molecule has 0 unspecified atom stereocenters. The number of aromatic nitrogens is 3. The zero-order valence-electron chi connectivity index (χ0n) is 15.3. The first-order valence-electron chi connectivity index (χ1n) is 8.33. The molecule has 1 heterocycles. The second-order valence-corrected chi connectivity index (χ2v) is 6.21. The third-order valence-corrected chi connectivity index (χ3v) is 3.97. The Kier molecular flexibility index (Phi) is 6.23. The van der Waals surface area contributed by atoms with Crippen molar-refractivity contribution in [1.82, 2.24) is 15.2 Å². The van der Waals surface area contributed by atoms with E-state index >= 15 is 0 Å². The number of anilines is 1. The quantitative estimate of drug-likeness (QED) is 0.467. The van der Waals surface area contributed by atoms with Crippen LogP contribution in [0.15, 0.2) is 52.4 Å². The first-order valence-corrected chi connectivity index (χ1v) is 8.70. The van der Waals surface area contributed by atoms with E-state index in [1.165, 1.54) is 0 Å². The zero-order valence-corrected chi connectivity index (χ0v) is 16.0. The number of benzene rings is 2. The summed E-state index contributed by atoms with van der Waals surface area (Å²) in [7, 11) is 1.57. The van der Waals surface area contributed by atoms with Crippen LogP contribution in [-0.2, 0) is 6.61 Å².